The first-order valence-corrected chi connectivity index (χ1v) is 9.18. The molecule has 1 aliphatic rings. The van der Waals surface area contributed by atoms with Crippen molar-refractivity contribution in [3.8, 4) is 11.3 Å². The molecule has 0 atom stereocenters. The topological polar surface area (TPSA) is 22.1 Å². The van der Waals surface area contributed by atoms with Gasteiger partial charge < -0.3 is 4.74 Å². The van der Waals surface area contributed by atoms with Crippen LogP contribution in [0.15, 0.2) is 34.1 Å². The van der Waals surface area contributed by atoms with E-state index < -0.39 is 0 Å². The van der Waals surface area contributed by atoms with Crippen molar-refractivity contribution in [2.24, 2.45) is 0 Å². The van der Waals surface area contributed by atoms with Crippen molar-refractivity contribution in [2.45, 2.75) is 44.1 Å². The molecular weight excluding hydrogens is 346 g/mol. The van der Waals surface area contributed by atoms with Crippen LogP contribution in [0.2, 0.25) is 0 Å². The Hall–Kier alpha value is -0.710. The van der Waals surface area contributed by atoms with Crippen molar-refractivity contribution < 1.29 is 4.74 Å². The van der Waals surface area contributed by atoms with Crippen molar-refractivity contribution in [1.82, 2.24) is 4.98 Å². The van der Waals surface area contributed by atoms with Gasteiger partial charge in [0.05, 0.1) is 5.69 Å². The lowest BCUT2D eigenvalue weighted by Crippen LogP contribution is -2.27. The van der Waals surface area contributed by atoms with Gasteiger partial charge in [0.15, 0.2) is 0 Å². The molecule has 2 aromatic rings. The van der Waals surface area contributed by atoms with Gasteiger partial charge in [-0.15, -0.1) is 11.3 Å². The Bertz CT molecular complexity index is 602. The van der Waals surface area contributed by atoms with Gasteiger partial charge in [-0.2, -0.15) is 0 Å². The van der Waals surface area contributed by atoms with E-state index in [1.165, 1.54) is 25.7 Å². The lowest BCUT2D eigenvalue weighted by atomic mass is 9.95. The summed E-state index contributed by atoms with van der Waals surface area (Å²) in [6, 6.07) is 8.32. The third kappa shape index (κ3) is 3.22. The molecule has 4 heteroatoms. The second-order valence-electron chi connectivity index (χ2n) is 5.66. The number of hydrogen-bond acceptors (Lipinski definition) is 3. The molecule has 2 nitrogen and oxygen atoms in total. The summed E-state index contributed by atoms with van der Waals surface area (Å²) in [7, 11) is 1.84. The van der Waals surface area contributed by atoms with Crippen molar-refractivity contribution in [2.75, 3.05) is 7.11 Å². The molecule has 1 aromatic heterocycles. The molecule has 0 radical (unpaired) electrons. The van der Waals surface area contributed by atoms with Gasteiger partial charge in [-0.05, 0) is 25.0 Å². The quantitative estimate of drug-likeness (QED) is 0.644. The standard InChI is InChI=1S/C17H20BrNOS/c1-20-17(9-4-2-3-5-10-17)16-19-15(12-21-16)13-7-6-8-14(18)11-13/h6-8,11-12H,2-5,9-10H2,1H3. The maximum absolute atomic E-state index is 5.96. The van der Waals surface area contributed by atoms with Crippen molar-refractivity contribution in [3.05, 3.63) is 39.1 Å². The fraction of sp³-hybridized carbons (Fsp3) is 0.471. The van der Waals surface area contributed by atoms with Gasteiger partial charge in [0.25, 0.3) is 0 Å². The van der Waals surface area contributed by atoms with Crippen LogP contribution in [0.5, 0.6) is 0 Å². The molecule has 1 fully saturated rings. The minimum atomic E-state index is -0.161. The molecule has 1 heterocycles. The largest absolute Gasteiger partial charge is 0.371 e. The average Bonchev–Trinajstić information content (AvgIpc) is 2.87. The summed E-state index contributed by atoms with van der Waals surface area (Å²) in [4.78, 5) is 4.90. The van der Waals surface area contributed by atoms with Crippen LogP contribution >= 0.6 is 27.3 Å². The second-order valence-corrected chi connectivity index (χ2v) is 7.43. The Morgan fingerprint density at radius 2 is 1.95 bits per heavy atom. The molecule has 0 spiro atoms. The Morgan fingerprint density at radius 1 is 1.19 bits per heavy atom. The zero-order valence-electron chi connectivity index (χ0n) is 12.3. The van der Waals surface area contributed by atoms with Crippen LogP contribution in [-0.2, 0) is 10.3 Å². The molecule has 0 aliphatic heterocycles. The van der Waals surface area contributed by atoms with Crippen LogP contribution in [0.1, 0.15) is 43.5 Å². The molecule has 0 N–H and O–H groups in total. The number of aromatic nitrogens is 1. The predicted molar refractivity (Wildman–Crippen MR) is 91.6 cm³/mol. The highest BCUT2D eigenvalue weighted by Gasteiger charge is 2.35. The van der Waals surface area contributed by atoms with Gasteiger partial charge in [0.2, 0.25) is 0 Å². The van der Waals surface area contributed by atoms with Crippen LogP contribution in [-0.4, -0.2) is 12.1 Å². The van der Waals surface area contributed by atoms with Gasteiger partial charge in [0, 0.05) is 22.5 Å². The Labute approximate surface area is 138 Å². The molecular formula is C17H20BrNOS. The number of thiazole rings is 1. The Balaban J connectivity index is 1.92. The highest BCUT2D eigenvalue weighted by molar-refractivity contribution is 9.10. The van der Waals surface area contributed by atoms with Gasteiger partial charge >= 0.3 is 0 Å². The zero-order chi connectivity index (χ0) is 14.7. The molecule has 1 aliphatic carbocycles. The maximum atomic E-state index is 5.96. The molecule has 21 heavy (non-hydrogen) atoms. The first kappa shape index (κ1) is 15.2. The Morgan fingerprint density at radius 3 is 2.62 bits per heavy atom. The summed E-state index contributed by atoms with van der Waals surface area (Å²) < 4.78 is 7.04. The first-order chi connectivity index (χ1) is 10.2. The van der Waals surface area contributed by atoms with Gasteiger partial charge in [-0.25, -0.2) is 4.98 Å². The van der Waals surface area contributed by atoms with E-state index in [1.54, 1.807) is 11.3 Å². The van der Waals surface area contributed by atoms with E-state index in [0.29, 0.717) is 0 Å². The smallest absolute Gasteiger partial charge is 0.125 e. The minimum absolute atomic E-state index is 0.161. The highest BCUT2D eigenvalue weighted by atomic mass is 79.9. The molecule has 1 aromatic carbocycles. The number of methoxy groups -OCH3 is 1. The number of benzene rings is 1. The number of halogens is 1. The summed E-state index contributed by atoms with van der Waals surface area (Å²) in [6.45, 7) is 0. The van der Waals surface area contributed by atoms with Crippen LogP contribution in [0.25, 0.3) is 11.3 Å². The fourth-order valence-electron chi connectivity index (χ4n) is 3.07. The normalized spacial score (nSPS) is 18.4. The van der Waals surface area contributed by atoms with E-state index in [4.69, 9.17) is 9.72 Å². The second kappa shape index (κ2) is 6.59. The lowest BCUT2D eigenvalue weighted by Gasteiger charge is -2.29. The number of rotatable bonds is 3. The SMILES string of the molecule is COC1(c2nc(-c3cccc(Br)c3)cs2)CCCCCC1. The minimum Gasteiger partial charge on any atom is -0.371 e. The summed E-state index contributed by atoms with van der Waals surface area (Å²) in [6.07, 6.45) is 7.28. The monoisotopic (exact) mass is 365 g/mol. The molecule has 0 saturated heterocycles. The van der Waals surface area contributed by atoms with E-state index in [1.807, 2.05) is 13.2 Å². The maximum Gasteiger partial charge on any atom is 0.125 e. The third-order valence-electron chi connectivity index (χ3n) is 4.32. The molecule has 3 rings (SSSR count). The molecule has 112 valence electrons. The molecule has 1 saturated carbocycles. The average molecular weight is 366 g/mol. The van der Waals surface area contributed by atoms with E-state index in [0.717, 1.165) is 33.6 Å². The van der Waals surface area contributed by atoms with Crippen molar-refractivity contribution in [3.63, 3.8) is 0 Å². The van der Waals surface area contributed by atoms with E-state index in [9.17, 15) is 0 Å². The highest BCUT2D eigenvalue weighted by Crippen LogP contribution is 2.41. The van der Waals surface area contributed by atoms with Crippen molar-refractivity contribution >= 4 is 27.3 Å². The van der Waals surface area contributed by atoms with Gasteiger partial charge in [0.1, 0.15) is 10.6 Å². The summed E-state index contributed by atoms with van der Waals surface area (Å²) in [5.74, 6) is 0. The molecule has 0 unspecified atom stereocenters. The van der Waals surface area contributed by atoms with Gasteiger partial charge in [-0.1, -0.05) is 53.7 Å². The third-order valence-corrected chi connectivity index (χ3v) is 5.84. The Kier molecular flexibility index (Phi) is 4.77. The molecule has 0 amide bonds. The van der Waals surface area contributed by atoms with Crippen molar-refractivity contribution in [1.29, 1.82) is 0 Å². The summed E-state index contributed by atoms with van der Waals surface area (Å²) in [5.41, 5.74) is 2.05. The van der Waals surface area contributed by atoms with E-state index >= 15 is 0 Å². The van der Waals surface area contributed by atoms with Crippen LogP contribution in [0.3, 0.4) is 0 Å². The van der Waals surface area contributed by atoms with Crippen LogP contribution < -0.4 is 0 Å². The summed E-state index contributed by atoms with van der Waals surface area (Å²) in [5, 5.41) is 3.30. The number of hydrogen-bond donors (Lipinski definition) is 0. The number of ether oxygens (including phenoxy) is 1. The van der Waals surface area contributed by atoms with Crippen LogP contribution in [0, 0.1) is 0 Å². The van der Waals surface area contributed by atoms with Crippen LogP contribution in [0.4, 0.5) is 0 Å². The first-order valence-electron chi connectivity index (χ1n) is 7.51. The fourth-order valence-corrected chi connectivity index (χ4v) is 4.53. The van der Waals surface area contributed by atoms with E-state index in [2.05, 4.69) is 39.5 Å². The zero-order valence-corrected chi connectivity index (χ0v) is 14.7. The predicted octanol–water partition coefficient (Wildman–Crippen LogP) is 5.77. The van der Waals surface area contributed by atoms with Gasteiger partial charge in [-0.3, -0.25) is 0 Å². The molecule has 0 bridgehead atoms. The number of nitrogens with zero attached hydrogens (tertiary/aromatic N) is 1. The summed E-state index contributed by atoms with van der Waals surface area (Å²) >= 11 is 5.27. The lowest BCUT2D eigenvalue weighted by molar-refractivity contribution is -0.0279. The van der Waals surface area contributed by atoms with E-state index in [-0.39, 0.29) is 5.60 Å².